The number of hydrogen-bond donors (Lipinski definition) is 2. The number of nitrogens with zero attached hydrogens (tertiary/aromatic N) is 2. The van der Waals surface area contributed by atoms with E-state index in [0.717, 1.165) is 11.3 Å². The first kappa shape index (κ1) is 17.7. The molecule has 2 aliphatic heterocycles. The summed E-state index contributed by atoms with van der Waals surface area (Å²) in [4.78, 5) is 21.1. The van der Waals surface area contributed by atoms with E-state index in [4.69, 9.17) is 27.9 Å². The van der Waals surface area contributed by atoms with Gasteiger partial charge in [-0.2, -0.15) is 0 Å². The summed E-state index contributed by atoms with van der Waals surface area (Å²) in [6.45, 7) is 1.89. The number of aliphatic hydroxyl groups excluding tert-OH is 1. The molecule has 2 saturated heterocycles. The van der Waals surface area contributed by atoms with E-state index >= 15 is 0 Å². The minimum absolute atomic E-state index is 0.182. The van der Waals surface area contributed by atoms with Gasteiger partial charge in [0.2, 0.25) is 5.91 Å². The van der Waals surface area contributed by atoms with Crippen LogP contribution in [0.5, 0.6) is 0 Å². The number of anilines is 1. The molecule has 0 aliphatic carbocycles. The minimum atomic E-state index is -0.575. The molecule has 2 bridgehead atoms. The highest BCUT2D eigenvalue weighted by Crippen LogP contribution is 2.49. The molecule has 6 nitrogen and oxygen atoms in total. The number of rotatable bonds is 3. The van der Waals surface area contributed by atoms with Crippen LogP contribution >= 0.6 is 23.2 Å². The Hall–Kier alpha value is -1.73. The number of halogens is 2. The van der Waals surface area contributed by atoms with E-state index in [-0.39, 0.29) is 28.1 Å². The molecule has 2 N–H and O–H groups in total. The molecule has 0 unspecified atom stereocenters. The maximum absolute atomic E-state index is 13.0. The molecule has 0 radical (unpaired) electrons. The van der Waals surface area contributed by atoms with Crippen molar-refractivity contribution in [3.8, 4) is 0 Å². The van der Waals surface area contributed by atoms with Gasteiger partial charge in [0.15, 0.2) is 0 Å². The van der Waals surface area contributed by atoms with Crippen molar-refractivity contribution in [2.45, 2.75) is 37.6 Å². The van der Waals surface area contributed by atoms with Crippen molar-refractivity contribution >= 4 is 34.8 Å². The second-order valence-corrected chi connectivity index (χ2v) is 7.48. The van der Waals surface area contributed by atoms with Gasteiger partial charge in [-0.3, -0.25) is 9.78 Å². The summed E-state index contributed by atoms with van der Waals surface area (Å²) in [5, 5.41) is 13.6. The molecule has 26 heavy (non-hydrogen) atoms. The number of amides is 1. The SMILES string of the molecule is Cc1cc([C@@H]2[C@@H]3O[C@@H](C[C@H]3O)[C@@H]2C(=O)Nc2cnc(Cl)c(Cl)c2)ccn1. The van der Waals surface area contributed by atoms with E-state index < -0.39 is 18.1 Å². The lowest BCUT2D eigenvalue weighted by atomic mass is 9.74. The van der Waals surface area contributed by atoms with Crippen LogP contribution in [0.15, 0.2) is 30.6 Å². The van der Waals surface area contributed by atoms with Crippen molar-refractivity contribution in [3.63, 3.8) is 0 Å². The van der Waals surface area contributed by atoms with Crippen molar-refractivity contribution in [3.05, 3.63) is 52.0 Å². The molecular formula is C18H17Cl2N3O3. The number of carbonyl (C=O) groups excluding carboxylic acids is 1. The topological polar surface area (TPSA) is 84.3 Å². The fourth-order valence-corrected chi connectivity index (χ4v) is 4.20. The van der Waals surface area contributed by atoms with Crippen LogP contribution in [0.3, 0.4) is 0 Å². The van der Waals surface area contributed by atoms with E-state index in [1.165, 1.54) is 6.20 Å². The summed E-state index contributed by atoms with van der Waals surface area (Å²) in [7, 11) is 0. The van der Waals surface area contributed by atoms with Crippen molar-refractivity contribution in [1.29, 1.82) is 0 Å². The van der Waals surface area contributed by atoms with Crippen LogP contribution in [-0.2, 0) is 9.53 Å². The zero-order chi connectivity index (χ0) is 18.4. The zero-order valence-electron chi connectivity index (χ0n) is 13.9. The number of nitrogens with one attached hydrogen (secondary N) is 1. The zero-order valence-corrected chi connectivity index (χ0v) is 15.4. The van der Waals surface area contributed by atoms with E-state index in [1.807, 2.05) is 19.1 Å². The monoisotopic (exact) mass is 393 g/mol. The Morgan fingerprint density at radius 3 is 2.88 bits per heavy atom. The lowest BCUT2D eigenvalue weighted by molar-refractivity contribution is -0.121. The average molecular weight is 394 g/mol. The smallest absolute Gasteiger partial charge is 0.230 e. The molecule has 8 heteroatoms. The van der Waals surface area contributed by atoms with Gasteiger partial charge in [0.05, 0.1) is 41.1 Å². The molecule has 1 amide bonds. The van der Waals surface area contributed by atoms with Gasteiger partial charge in [0, 0.05) is 24.2 Å². The van der Waals surface area contributed by atoms with Gasteiger partial charge in [-0.25, -0.2) is 4.98 Å². The van der Waals surface area contributed by atoms with Crippen LogP contribution < -0.4 is 5.32 Å². The molecular weight excluding hydrogens is 377 g/mol. The fraction of sp³-hybridized carbons (Fsp3) is 0.389. The van der Waals surface area contributed by atoms with Crippen LogP contribution in [0.25, 0.3) is 0 Å². The van der Waals surface area contributed by atoms with Gasteiger partial charge in [-0.15, -0.1) is 0 Å². The molecule has 0 aromatic carbocycles. The molecule has 5 atom stereocenters. The standard InChI is InChI=1S/C18H17Cl2N3O3/c1-8-4-9(2-3-21-8)14-15(13-6-12(24)16(14)26-13)18(25)23-10-5-11(19)17(20)22-7-10/h2-5,7,12-16,24H,6H2,1H3,(H,23,25)/t12-,13+,14+,15+,16-/m1/s1. The Balaban J connectivity index is 1.62. The highest BCUT2D eigenvalue weighted by atomic mass is 35.5. The first-order chi connectivity index (χ1) is 12.4. The third-order valence-electron chi connectivity index (χ3n) is 5.00. The molecule has 2 aromatic rings. The van der Waals surface area contributed by atoms with Crippen LogP contribution in [-0.4, -0.2) is 39.3 Å². The predicted octanol–water partition coefficient (Wildman–Crippen LogP) is 2.96. The molecule has 2 aromatic heterocycles. The summed E-state index contributed by atoms with van der Waals surface area (Å²) in [5.74, 6) is -0.843. The normalized spacial score (nSPS) is 29.8. The summed E-state index contributed by atoms with van der Waals surface area (Å²) < 4.78 is 5.91. The van der Waals surface area contributed by atoms with Gasteiger partial charge in [-0.05, 0) is 30.7 Å². The summed E-state index contributed by atoms with van der Waals surface area (Å²) >= 11 is 11.8. The second kappa shape index (κ2) is 6.78. The van der Waals surface area contributed by atoms with Crippen molar-refractivity contribution in [1.82, 2.24) is 9.97 Å². The number of carbonyl (C=O) groups is 1. The Labute approximate surface area is 160 Å². The molecule has 4 rings (SSSR count). The van der Waals surface area contributed by atoms with E-state index in [2.05, 4.69) is 15.3 Å². The van der Waals surface area contributed by atoms with Crippen molar-refractivity contribution < 1.29 is 14.6 Å². The third-order valence-corrected chi connectivity index (χ3v) is 5.68. The predicted molar refractivity (Wildman–Crippen MR) is 97.4 cm³/mol. The number of hydrogen-bond acceptors (Lipinski definition) is 5. The maximum Gasteiger partial charge on any atom is 0.230 e. The van der Waals surface area contributed by atoms with E-state index in [0.29, 0.717) is 12.1 Å². The Bertz CT molecular complexity index is 863. The number of aromatic nitrogens is 2. The maximum atomic E-state index is 13.0. The summed E-state index contributed by atoms with van der Waals surface area (Å²) in [6.07, 6.45) is 2.31. The van der Waals surface area contributed by atoms with Gasteiger partial charge < -0.3 is 15.2 Å². The highest BCUT2D eigenvalue weighted by molar-refractivity contribution is 6.41. The minimum Gasteiger partial charge on any atom is -0.390 e. The molecule has 2 aliphatic rings. The van der Waals surface area contributed by atoms with Crippen LogP contribution in [0.4, 0.5) is 5.69 Å². The Kier molecular flexibility index (Phi) is 4.61. The third kappa shape index (κ3) is 3.07. The summed E-state index contributed by atoms with van der Waals surface area (Å²) in [5.41, 5.74) is 2.26. The van der Waals surface area contributed by atoms with Crippen molar-refractivity contribution in [2.24, 2.45) is 5.92 Å². The van der Waals surface area contributed by atoms with Gasteiger partial charge in [0.1, 0.15) is 5.15 Å². The van der Waals surface area contributed by atoms with Crippen LogP contribution in [0.1, 0.15) is 23.6 Å². The van der Waals surface area contributed by atoms with E-state index in [1.54, 1.807) is 12.3 Å². The van der Waals surface area contributed by atoms with Gasteiger partial charge in [-0.1, -0.05) is 23.2 Å². The number of pyridine rings is 2. The van der Waals surface area contributed by atoms with Gasteiger partial charge in [0.25, 0.3) is 0 Å². The molecule has 0 spiro atoms. The lowest BCUT2D eigenvalue weighted by Crippen LogP contribution is -2.41. The second-order valence-electron chi connectivity index (χ2n) is 6.71. The first-order valence-corrected chi connectivity index (χ1v) is 9.07. The fourth-order valence-electron chi connectivity index (χ4n) is 3.93. The molecule has 0 saturated carbocycles. The Morgan fingerprint density at radius 2 is 2.15 bits per heavy atom. The van der Waals surface area contributed by atoms with E-state index in [9.17, 15) is 9.90 Å². The highest BCUT2D eigenvalue weighted by Gasteiger charge is 2.56. The van der Waals surface area contributed by atoms with Crippen LogP contribution in [0, 0.1) is 12.8 Å². The number of fused-ring (bicyclic) bond motifs is 2. The average Bonchev–Trinajstić information content (AvgIpc) is 3.15. The quantitative estimate of drug-likeness (QED) is 0.782. The number of aliphatic hydroxyl groups is 1. The molecule has 136 valence electrons. The molecule has 2 fully saturated rings. The van der Waals surface area contributed by atoms with Crippen molar-refractivity contribution in [2.75, 3.05) is 5.32 Å². The lowest BCUT2D eigenvalue weighted by Gasteiger charge is -2.30. The molecule has 4 heterocycles. The van der Waals surface area contributed by atoms with Crippen LogP contribution in [0.2, 0.25) is 10.2 Å². The summed E-state index contributed by atoms with van der Waals surface area (Å²) in [6, 6.07) is 5.36. The number of aryl methyl sites for hydroxylation is 1. The largest absolute Gasteiger partial charge is 0.390 e. The number of ether oxygens (including phenoxy) is 1. The first-order valence-electron chi connectivity index (χ1n) is 8.32. The van der Waals surface area contributed by atoms with Gasteiger partial charge >= 0.3 is 0 Å². The Morgan fingerprint density at radius 1 is 1.35 bits per heavy atom.